The van der Waals surface area contributed by atoms with Gasteiger partial charge < -0.3 is 14.2 Å². The summed E-state index contributed by atoms with van der Waals surface area (Å²) in [4.78, 5) is 25.8. The maximum atomic E-state index is 12.5. The van der Waals surface area contributed by atoms with Gasteiger partial charge in [-0.2, -0.15) is 0 Å². The van der Waals surface area contributed by atoms with Crippen LogP contribution in [0.5, 0.6) is 11.5 Å². The van der Waals surface area contributed by atoms with Crippen molar-refractivity contribution in [1.29, 1.82) is 0 Å². The lowest BCUT2D eigenvalue weighted by atomic mass is 10.2. The second-order valence-corrected chi connectivity index (χ2v) is 7.74. The van der Waals surface area contributed by atoms with Gasteiger partial charge in [0, 0.05) is 6.54 Å². The SMILES string of the molecule is C=CCN1C(=O)/C(=C\c2cc(Br)c(OCC(=O)OC)c(OCC)c2)SC1=S. The largest absolute Gasteiger partial charge is 0.490 e. The van der Waals surface area contributed by atoms with Gasteiger partial charge in [0.15, 0.2) is 18.1 Å². The van der Waals surface area contributed by atoms with Crippen LogP contribution in [-0.2, 0) is 14.3 Å². The second-order valence-electron chi connectivity index (χ2n) is 5.21. The quantitative estimate of drug-likeness (QED) is 0.247. The summed E-state index contributed by atoms with van der Waals surface area (Å²) < 4.78 is 16.8. The van der Waals surface area contributed by atoms with Crippen LogP contribution in [0.15, 0.2) is 34.2 Å². The van der Waals surface area contributed by atoms with Gasteiger partial charge >= 0.3 is 5.97 Å². The molecular formula is C18H18BrNO5S2. The van der Waals surface area contributed by atoms with E-state index >= 15 is 0 Å². The number of hydrogen-bond donors (Lipinski definition) is 0. The number of amides is 1. The van der Waals surface area contributed by atoms with E-state index in [1.807, 2.05) is 6.92 Å². The van der Waals surface area contributed by atoms with Crippen molar-refractivity contribution in [2.24, 2.45) is 0 Å². The Balaban J connectivity index is 2.33. The van der Waals surface area contributed by atoms with Crippen LogP contribution >= 0.6 is 39.9 Å². The van der Waals surface area contributed by atoms with Crippen molar-refractivity contribution in [2.75, 3.05) is 26.9 Å². The lowest BCUT2D eigenvalue weighted by Crippen LogP contribution is -2.27. The van der Waals surface area contributed by atoms with Gasteiger partial charge in [-0.3, -0.25) is 9.69 Å². The number of thioether (sulfide) groups is 1. The third-order valence-electron chi connectivity index (χ3n) is 3.38. The standard InChI is InChI=1S/C18H18BrNO5S2/c1-4-6-20-17(22)14(27-18(20)26)9-11-7-12(19)16(13(8-11)24-5-2)25-10-15(21)23-3/h4,7-9H,1,5-6,10H2,2-3H3/b14-9+. The van der Waals surface area contributed by atoms with Crippen molar-refractivity contribution < 1.29 is 23.8 Å². The Bertz CT molecular complexity index is 809. The molecule has 1 aliphatic rings. The van der Waals surface area contributed by atoms with E-state index < -0.39 is 5.97 Å². The average Bonchev–Trinajstić information content (AvgIpc) is 2.89. The van der Waals surface area contributed by atoms with Crippen LogP contribution in [0.3, 0.4) is 0 Å². The van der Waals surface area contributed by atoms with E-state index in [2.05, 4.69) is 27.2 Å². The molecule has 144 valence electrons. The Kier molecular flexibility index (Phi) is 7.88. The van der Waals surface area contributed by atoms with Crippen LogP contribution in [0.4, 0.5) is 0 Å². The van der Waals surface area contributed by atoms with E-state index in [-0.39, 0.29) is 12.5 Å². The normalized spacial score (nSPS) is 15.2. The van der Waals surface area contributed by atoms with Gasteiger partial charge in [0.05, 0.1) is 23.1 Å². The minimum Gasteiger partial charge on any atom is -0.490 e. The lowest BCUT2D eigenvalue weighted by molar-refractivity contribution is -0.143. The van der Waals surface area contributed by atoms with E-state index in [0.29, 0.717) is 38.3 Å². The number of rotatable bonds is 8. The molecule has 0 spiro atoms. The van der Waals surface area contributed by atoms with Crippen LogP contribution in [0.1, 0.15) is 12.5 Å². The van der Waals surface area contributed by atoms with Gasteiger partial charge in [0.2, 0.25) is 0 Å². The zero-order valence-corrected chi connectivity index (χ0v) is 18.0. The lowest BCUT2D eigenvalue weighted by Gasteiger charge is -2.14. The predicted octanol–water partition coefficient (Wildman–Crippen LogP) is 3.79. The minimum atomic E-state index is -0.501. The zero-order valence-electron chi connectivity index (χ0n) is 14.8. The molecule has 9 heteroatoms. The number of hydrogen-bond acceptors (Lipinski definition) is 7. The summed E-state index contributed by atoms with van der Waals surface area (Å²) in [6, 6.07) is 3.51. The van der Waals surface area contributed by atoms with Gasteiger partial charge in [0.25, 0.3) is 5.91 Å². The molecule has 0 N–H and O–H groups in total. The molecule has 0 saturated carbocycles. The summed E-state index contributed by atoms with van der Waals surface area (Å²) in [5, 5.41) is 0. The molecule has 1 aromatic carbocycles. The average molecular weight is 472 g/mol. The molecule has 0 aromatic heterocycles. The predicted molar refractivity (Wildman–Crippen MR) is 113 cm³/mol. The monoisotopic (exact) mass is 471 g/mol. The van der Waals surface area contributed by atoms with E-state index in [1.165, 1.54) is 23.8 Å². The molecule has 2 rings (SSSR count). The molecule has 0 bridgehead atoms. The number of methoxy groups -OCH3 is 1. The van der Waals surface area contributed by atoms with E-state index in [1.54, 1.807) is 24.3 Å². The first-order valence-electron chi connectivity index (χ1n) is 7.93. The molecule has 1 fully saturated rings. The Labute approximate surface area is 175 Å². The molecule has 6 nitrogen and oxygen atoms in total. The highest BCUT2D eigenvalue weighted by atomic mass is 79.9. The fourth-order valence-electron chi connectivity index (χ4n) is 2.20. The highest BCUT2D eigenvalue weighted by Gasteiger charge is 2.31. The van der Waals surface area contributed by atoms with E-state index in [0.717, 1.165) is 5.56 Å². The van der Waals surface area contributed by atoms with Crippen LogP contribution in [0, 0.1) is 0 Å². The van der Waals surface area contributed by atoms with E-state index in [4.69, 9.17) is 21.7 Å². The molecule has 1 aliphatic heterocycles. The Morgan fingerprint density at radius 3 is 2.78 bits per heavy atom. The number of benzene rings is 1. The fraction of sp³-hybridized carbons (Fsp3) is 0.278. The first kappa shape index (κ1) is 21.5. The van der Waals surface area contributed by atoms with Gasteiger partial charge in [-0.25, -0.2) is 4.79 Å². The molecule has 1 amide bonds. The Morgan fingerprint density at radius 2 is 2.15 bits per heavy atom. The van der Waals surface area contributed by atoms with Crippen molar-refractivity contribution in [2.45, 2.75) is 6.92 Å². The van der Waals surface area contributed by atoms with Crippen molar-refractivity contribution in [3.63, 3.8) is 0 Å². The molecule has 27 heavy (non-hydrogen) atoms. The molecule has 0 radical (unpaired) electrons. The van der Waals surface area contributed by atoms with Gasteiger partial charge in [-0.15, -0.1) is 6.58 Å². The molecule has 1 heterocycles. The third kappa shape index (κ3) is 5.33. The second kappa shape index (κ2) is 9.91. The van der Waals surface area contributed by atoms with Crippen LogP contribution in [-0.4, -0.2) is 48.0 Å². The summed E-state index contributed by atoms with van der Waals surface area (Å²) in [5.41, 5.74) is 0.731. The topological polar surface area (TPSA) is 65.1 Å². The first-order chi connectivity index (χ1) is 12.9. The van der Waals surface area contributed by atoms with Crippen LogP contribution in [0.2, 0.25) is 0 Å². The Hall–Kier alpha value is -1.84. The smallest absolute Gasteiger partial charge is 0.343 e. The maximum absolute atomic E-state index is 12.5. The highest BCUT2D eigenvalue weighted by Crippen LogP contribution is 2.39. The highest BCUT2D eigenvalue weighted by molar-refractivity contribution is 9.10. The molecule has 1 aromatic rings. The Morgan fingerprint density at radius 1 is 1.41 bits per heavy atom. The van der Waals surface area contributed by atoms with Crippen LogP contribution in [0.25, 0.3) is 6.08 Å². The summed E-state index contributed by atoms with van der Waals surface area (Å²) in [5.74, 6) is 0.173. The first-order valence-corrected chi connectivity index (χ1v) is 9.95. The number of nitrogens with zero attached hydrogens (tertiary/aromatic N) is 1. The number of thiocarbonyl (C=S) groups is 1. The fourth-order valence-corrected chi connectivity index (χ4v) is 4.05. The van der Waals surface area contributed by atoms with Gasteiger partial charge in [0.1, 0.15) is 4.32 Å². The summed E-state index contributed by atoms with van der Waals surface area (Å²) >= 11 is 9.90. The molecule has 0 aliphatic carbocycles. The summed E-state index contributed by atoms with van der Waals surface area (Å²) in [7, 11) is 1.29. The van der Waals surface area contributed by atoms with Crippen molar-refractivity contribution in [3.8, 4) is 11.5 Å². The number of carbonyl (C=O) groups is 2. The van der Waals surface area contributed by atoms with Crippen molar-refractivity contribution in [1.82, 2.24) is 4.90 Å². The number of carbonyl (C=O) groups excluding carboxylic acids is 2. The molecular weight excluding hydrogens is 454 g/mol. The zero-order chi connectivity index (χ0) is 20.0. The molecule has 0 unspecified atom stereocenters. The van der Waals surface area contributed by atoms with Crippen molar-refractivity contribution in [3.05, 3.63) is 39.7 Å². The summed E-state index contributed by atoms with van der Waals surface area (Å²) in [6.45, 7) is 6.02. The van der Waals surface area contributed by atoms with Gasteiger partial charge in [-0.05, 0) is 46.6 Å². The minimum absolute atomic E-state index is 0.162. The number of ether oxygens (including phenoxy) is 3. The van der Waals surface area contributed by atoms with Gasteiger partial charge in [-0.1, -0.05) is 30.1 Å². The summed E-state index contributed by atoms with van der Waals surface area (Å²) in [6.07, 6.45) is 3.37. The number of esters is 1. The third-order valence-corrected chi connectivity index (χ3v) is 5.34. The van der Waals surface area contributed by atoms with Crippen molar-refractivity contribution >= 4 is 62.2 Å². The maximum Gasteiger partial charge on any atom is 0.343 e. The van der Waals surface area contributed by atoms with E-state index in [9.17, 15) is 9.59 Å². The van der Waals surface area contributed by atoms with Crippen LogP contribution < -0.4 is 9.47 Å². The number of halogens is 1. The molecule has 1 saturated heterocycles. The molecule has 0 atom stereocenters.